The zero-order chi connectivity index (χ0) is 9.52. The van der Waals surface area contributed by atoms with Crippen molar-refractivity contribution in [2.45, 2.75) is 13.3 Å². The van der Waals surface area contributed by atoms with Gasteiger partial charge < -0.3 is 9.47 Å². The van der Waals surface area contributed by atoms with Crippen molar-refractivity contribution in [1.29, 1.82) is 0 Å². The van der Waals surface area contributed by atoms with Gasteiger partial charge in [-0.05, 0) is 13.3 Å². The van der Waals surface area contributed by atoms with Crippen LogP contribution in [-0.4, -0.2) is 32.2 Å². The number of Topliss-reactive ketones (excluding diaryl/α,β-unsaturated/α-hetero) is 1. The lowest BCUT2D eigenvalue weighted by Crippen LogP contribution is -2.20. The lowest BCUT2D eigenvalue weighted by Gasteiger charge is -2.05. The molecule has 0 saturated carbocycles. The minimum atomic E-state index is 0.0746. The van der Waals surface area contributed by atoms with E-state index in [2.05, 4.69) is 0 Å². The molecule has 1 unspecified atom stereocenters. The summed E-state index contributed by atoms with van der Waals surface area (Å²) in [6.07, 6.45) is 4.65. The summed E-state index contributed by atoms with van der Waals surface area (Å²) in [5.74, 6) is 0.243. The molecule has 1 heterocycles. The fraction of sp³-hybridized carbons (Fsp3) is 0.700. The highest BCUT2D eigenvalue weighted by atomic mass is 16.5. The van der Waals surface area contributed by atoms with Gasteiger partial charge in [-0.1, -0.05) is 12.2 Å². The molecule has 0 aromatic heterocycles. The molecule has 1 saturated heterocycles. The van der Waals surface area contributed by atoms with Gasteiger partial charge in [-0.3, -0.25) is 4.79 Å². The van der Waals surface area contributed by atoms with Gasteiger partial charge in [-0.15, -0.1) is 0 Å². The summed E-state index contributed by atoms with van der Waals surface area (Å²) < 4.78 is 10.3. The molecule has 0 radical (unpaired) electrons. The molecule has 0 amide bonds. The second-order valence-electron chi connectivity index (χ2n) is 3.11. The highest BCUT2D eigenvalue weighted by molar-refractivity contribution is 5.82. The topological polar surface area (TPSA) is 35.5 Å². The Labute approximate surface area is 78.7 Å². The molecule has 1 aliphatic heterocycles. The molecule has 0 aromatic carbocycles. The molecule has 3 heteroatoms. The van der Waals surface area contributed by atoms with Crippen molar-refractivity contribution >= 4 is 5.78 Å². The van der Waals surface area contributed by atoms with Crippen LogP contribution in [0.4, 0.5) is 0 Å². The highest BCUT2D eigenvalue weighted by Crippen LogP contribution is 2.13. The zero-order valence-corrected chi connectivity index (χ0v) is 7.99. The van der Waals surface area contributed by atoms with E-state index in [0.717, 1.165) is 6.42 Å². The normalized spacial score (nSPS) is 22.7. The number of ketones is 1. The van der Waals surface area contributed by atoms with E-state index in [9.17, 15) is 4.79 Å². The Morgan fingerprint density at radius 3 is 3.15 bits per heavy atom. The second-order valence-corrected chi connectivity index (χ2v) is 3.11. The van der Waals surface area contributed by atoms with Gasteiger partial charge in [0, 0.05) is 12.5 Å². The number of rotatable bonds is 5. The summed E-state index contributed by atoms with van der Waals surface area (Å²) in [5.41, 5.74) is 0. The Morgan fingerprint density at radius 2 is 2.54 bits per heavy atom. The largest absolute Gasteiger partial charge is 0.381 e. The molecule has 1 atom stereocenters. The van der Waals surface area contributed by atoms with Gasteiger partial charge in [0.1, 0.15) is 6.61 Å². The van der Waals surface area contributed by atoms with E-state index >= 15 is 0 Å². The van der Waals surface area contributed by atoms with Gasteiger partial charge in [0.15, 0.2) is 5.78 Å². The summed E-state index contributed by atoms with van der Waals surface area (Å²) in [5, 5.41) is 0. The Bertz CT molecular complexity index is 181. The van der Waals surface area contributed by atoms with Crippen LogP contribution in [0.25, 0.3) is 0 Å². The van der Waals surface area contributed by atoms with Crippen LogP contribution in [0, 0.1) is 5.92 Å². The first-order valence-corrected chi connectivity index (χ1v) is 4.64. The van der Waals surface area contributed by atoms with E-state index < -0.39 is 0 Å². The zero-order valence-electron chi connectivity index (χ0n) is 7.99. The van der Waals surface area contributed by atoms with Crippen LogP contribution in [0.15, 0.2) is 12.2 Å². The second kappa shape index (κ2) is 5.89. The third-order valence-corrected chi connectivity index (χ3v) is 2.08. The molecule has 1 aliphatic rings. The maximum absolute atomic E-state index is 11.4. The standard InChI is InChI=1S/C10H16O3/c1-2-3-5-12-8-10(11)9-4-6-13-7-9/h2-3,9H,4-8H2,1H3/b3-2+. The van der Waals surface area contributed by atoms with Crippen LogP contribution in [0.5, 0.6) is 0 Å². The van der Waals surface area contributed by atoms with Crippen LogP contribution in [0.3, 0.4) is 0 Å². The fourth-order valence-corrected chi connectivity index (χ4v) is 1.23. The van der Waals surface area contributed by atoms with E-state index in [4.69, 9.17) is 9.47 Å². The van der Waals surface area contributed by atoms with Crippen LogP contribution in [-0.2, 0) is 14.3 Å². The predicted molar refractivity (Wildman–Crippen MR) is 49.6 cm³/mol. The van der Waals surface area contributed by atoms with E-state index in [-0.39, 0.29) is 18.3 Å². The van der Waals surface area contributed by atoms with Crippen molar-refractivity contribution < 1.29 is 14.3 Å². The smallest absolute Gasteiger partial charge is 0.163 e. The summed E-state index contributed by atoms with van der Waals surface area (Å²) in [4.78, 5) is 11.4. The maximum Gasteiger partial charge on any atom is 0.163 e. The van der Waals surface area contributed by atoms with Gasteiger partial charge in [-0.2, -0.15) is 0 Å². The average Bonchev–Trinajstić information content (AvgIpc) is 2.65. The minimum absolute atomic E-state index is 0.0746. The van der Waals surface area contributed by atoms with E-state index in [0.29, 0.717) is 19.8 Å². The molecule has 0 N–H and O–H groups in total. The van der Waals surface area contributed by atoms with Crippen LogP contribution >= 0.6 is 0 Å². The third-order valence-electron chi connectivity index (χ3n) is 2.08. The van der Waals surface area contributed by atoms with Crippen LogP contribution in [0.2, 0.25) is 0 Å². The van der Waals surface area contributed by atoms with Crippen molar-refractivity contribution in [2.75, 3.05) is 26.4 Å². The van der Waals surface area contributed by atoms with Crippen LogP contribution in [0.1, 0.15) is 13.3 Å². The monoisotopic (exact) mass is 184 g/mol. The van der Waals surface area contributed by atoms with Gasteiger partial charge in [-0.25, -0.2) is 0 Å². The first kappa shape index (κ1) is 10.4. The molecule has 3 nitrogen and oxygen atoms in total. The predicted octanol–water partition coefficient (Wildman–Crippen LogP) is 1.18. The third kappa shape index (κ3) is 3.70. The first-order valence-electron chi connectivity index (χ1n) is 4.64. The van der Waals surface area contributed by atoms with Gasteiger partial charge in [0.2, 0.25) is 0 Å². The maximum atomic E-state index is 11.4. The molecule has 1 rings (SSSR count). The van der Waals surface area contributed by atoms with Gasteiger partial charge in [0.25, 0.3) is 0 Å². The van der Waals surface area contributed by atoms with Crippen molar-refractivity contribution in [3.8, 4) is 0 Å². The molecule has 0 aromatic rings. The average molecular weight is 184 g/mol. The van der Waals surface area contributed by atoms with E-state index in [1.165, 1.54) is 0 Å². The summed E-state index contributed by atoms with van der Waals surface area (Å²) in [6.45, 7) is 3.96. The lowest BCUT2D eigenvalue weighted by molar-refractivity contribution is -0.127. The van der Waals surface area contributed by atoms with E-state index in [1.807, 2.05) is 19.1 Å². The Kier molecular flexibility index (Phi) is 4.72. The number of carbonyl (C=O) groups excluding carboxylic acids is 1. The Balaban J connectivity index is 2.09. The molecule has 74 valence electrons. The summed E-state index contributed by atoms with van der Waals surface area (Å²) in [6, 6.07) is 0. The minimum Gasteiger partial charge on any atom is -0.381 e. The fourth-order valence-electron chi connectivity index (χ4n) is 1.23. The number of ether oxygens (including phenoxy) is 2. The van der Waals surface area contributed by atoms with Crippen molar-refractivity contribution in [2.24, 2.45) is 5.92 Å². The molecular weight excluding hydrogens is 168 g/mol. The SMILES string of the molecule is C/C=C/COCC(=O)C1CCOC1. The van der Waals surface area contributed by atoms with Gasteiger partial charge in [0.05, 0.1) is 13.2 Å². The van der Waals surface area contributed by atoms with Crippen LogP contribution < -0.4 is 0 Å². The number of allylic oxidation sites excluding steroid dienone is 1. The Morgan fingerprint density at radius 1 is 1.69 bits per heavy atom. The van der Waals surface area contributed by atoms with Crippen molar-refractivity contribution in [3.63, 3.8) is 0 Å². The van der Waals surface area contributed by atoms with E-state index in [1.54, 1.807) is 0 Å². The molecule has 13 heavy (non-hydrogen) atoms. The summed E-state index contributed by atoms with van der Waals surface area (Å²) >= 11 is 0. The van der Waals surface area contributed by atoms with Crippen molar-refractivity contribution in [3.05, 3.63) is 12.2 Å². The molecule has 1 fully saturated rings. The molecule has 0 bridgehead atoms. The number of hydrogen-bond donors (Lipinski definition) is 0. The Hall–Kier alpha value is -0.670. The van der Waals surface area contributed by atoms with Gasteiger partial charge >= 0.3 is 0 Å². The summed E-state index contributed by atoms with van der Waals surface area (Å²) in [7, 11) is 0. The number of carbonyl (C=O) groups is 1. The lowest BCUT2D eigenvalue weighted by atomic mass is 10.0. The van der Waals surface area contributed by atoms with Crippen molar-refractivity contribution in [1.82, 2.24) is 0 Å². The first-order chi connectivity index (χ1) is 6.34. The molecular formula is C10H16O3. The highest BCUT2D eigenvalue weighted by Gasteiger charge is 2.22. The molecule has 0 aliphatic carbocycles. The number of hydrogen-bond acceptors (Lipinski definition) is 3. The quantitative estimate of drug-likeness (QED) is 0.475. The molecule has 0 spiro atoms.